The van der Waals surface area contributed by atoms with Gasteiger partial charge in [0, 0.05) is 17.7 Å². The molecule has 174 valence electrons. The Hall–Kier alpha value is -3.73. The molecule has 0 radical (unpaired) electrons. The van der Waals surface area contributed by atoms with E-state index < -0.39 is 0 Å². The third kappa shape index (κ3) is 4.38. The maximum atomic E-state index is 13.6. The number of Topliss-reactive ketones (excluding diaryl/α,β-unsaturated/α-hetero) is 1. The maximum Gasteiger partial charge on any atom is 0.163 e. The van der Waals surface area contributed by atoms with Crippen molar-refractivity contribution in [3.05, 3.63) is 95.2 Å². The number of anilines is 2. The van der Waals surface area contributed by atoms with E-state index in [1.807, 2.05) is 36.4 Å². The van der Waals surface area contributed by atoms with Gasteiger partial charge in [-0.2, -0.15) is 0 Å². The minimum absolute atomic E-state index is 0.125. The monoisotopic (exact) mass is 454 g/mol. The van der Waals surface area contributed by atoms with Gasteiger partial charge in [0.2, 0.25) is 0 Å². The number of hydrogen-bond donors (Lipinski definition) is 2. The summed E-state index contributed by atoms with van der Waals surface area (Å²) in [5.41, 5.74) is 5.99. The molecule has 3 aromatic rings. The van der Waals surface area contributed by atoms with Crippen molar-refractivity contribution in [3.8, 4) is 11.5 Å². The van der Waals surface area contributed by atoms with Crippen LogP contribution in [0, 0.1) is 0 Å². The summed E-state index contributed by atoms with van der Waals surface area (Å²) in [6.07, 6.45) is 2.23. The summed E-state index contributed by atoms with van der Waals surface area (Å²) in [6.45, 7) is 2.79. The Labute approximate surface area is 200 Å². The second-order valence-electron chi connectivity index (χ2n) is 8.86. The summed E-state index contributed by atoms with van der Waals surface area (Å²) in [7, 11) is 1.67. The molecule has 3 aromatic carbocycles. The van der Waals surface area contributed by atoms with Crippen molar-refractivity contribution in [1.29, 1.82) is 0 Å². The molecule has 0 aromatic heterocycles. The molecule has 5 rings (SSSR count). The zero-order valence-corrected chi connectivity index (χ0v) is 19.6. The topological polar surface area (TPSA) is 59.6 Å². The van der Waals surface area contributed by atoms with E-state index in [0.717, 1.165) is 58.1 Å². The van der Waals surface area contributed by atoms with Crippen molar-refractivity contribution in [2.45, 2.75) is 38.1 Å². The molecule has 2 N–H and O–H groups in total. The Kier molecular flexibility index (Phi) is 6.26. The molecule has 0 saturated carbocycles. The average molecular weight is 455 g/mol. The van der Waals surface area contributed by atoms with Crippen LogP contribution in [0.25, 0.3) is 0 Å². The van der Waals surface area contributed by atoms with Crippen LogP contribution in [0.1, 0.15) is 49.3 Å². The van der Waals surface area contributed by atoms with Gasteiger partial charge in [0.05, 0.1) is 31.1 Å². The second kappa shape index (κ2) is 9.64. The number of fused-ring (bicyclic) bond motifs is 1. The van der Waals surface area contributed by atoms with Gasteiger partial charge in [-0.05, 0) is 66.3 Å². The van der Waals surface area contributed by atoms with Crippen molar-refractivity contribution in [2.24, 2.45) is 0 Å². The van der Waals surface area contributed by atoms with E-state index in [1.54, 1.807) is 7.11 Å². The van der Waals surface area contributed by atoms with Gasteiger partial charge in [-0.25, -0.2) is 0 Å². The molecule has 0 fully saturated rings. The minimum atomic E-state index is -0.226. The fourth-order valence-corrected chi connectivity index (χ4v) is 4.83. The highest BCUT2D eigenvalue weighted by Gasteiger charge is 2.36. The SMILES string of the molecule is CCCOc1ccc([C@H]2Nc3ccccc3NC3=C2C(=O)C[C@@H](c2ccc(OC)cc2)C3)cc1. The molecule has 1 aliphatic heterocycles. The average Bonchev–Trinajstić information content (AvgIpc) is 3.05. The molecule has 2 aliphatic rings. The highest BCUT2D eigenvalue weighted by atomic mass is 16.5. The van der Waals surface area contributed by atoms with E-state index in [0.29, 0.717) is 13.0 Å². The van der Waals surface area contributed by atoms with Gasteiger partial charge in [-0.1, -0.05) is 43.3 Å². The van der Waals surface area contributed by atoms with Crippen LogP contribution in [0.4, 0.5) is 11.4 Å². The fourth-order valence-electron chi connectivity index (χ4n) is 4.83. The largest absolute Gasteiger partial charge is 0.497 e. The van der Waals surface area contributed by atoms with Crippen LogP contribution in [0.3, 0.4) is 0 Å². The number of ketones is 1. The molecule has 34 heavy (non-hydrogen) atoms. The number of nitrogens with one attached hydrogen (secondary N) is 2. The molecular formula is C29H30N2O3. The standard InChI is InChI=1S/C29H30N2O3/c1-3-16-34-23-14-10-20(11-15-23)29-28-26(30-24-6-4-5-7-25(24)31-29)17-21(18-27(28)32)19-8-12-22(33-2)13-9-19/h4-15,21,29-31H,3,16-18H2,1-2H3/t21-,29+/m0/s1. The van der Waals surface area contributed by atoms with Gasteiger partial charge in [-0.15, -0.1) is 0 Å². The highest BCUT2D eigenvalue weighted by molar-refractivity contribution is 6.01. The predicted octanol–water partition coefficient (Wildman–Crippen LogP) is 6.46. The molecule has 0 amide bonds. The molecule has 0 bridgehead atoms. The number of rotatable bonds is 6. The van der Waals surface area contributed by atoms with Crippen LogP contribution in [0.2, 0.25) is 0 Å². The van der Waals surface area contributed by atoms with Crippen molar-refractivity contribution in [3.63, 3.8) is 0 Å². The lowest BCUT2D eigenvalue weighted by Gasteiger charge is -2.30. The number of benzene rings is 3. The third-order valence-corrected chi connectivity index (χ3v) is 6.58. The normalized spacial score (nSPS) is 19.3. The lowest BCUT2D eigenvalue weighted by Crippen LogP contribution is -2.26. The van der Waals surface area contributed by atoms with Crippen LogP contribution >= 0.6 is 0 Å². The molecule has 0 spiro atoms. The van der Waals surface area contributed by atoms with E-state index in [4.69, 9.17) is 9.47 Å². The summed E-state index contributed by atoms with van der Waals surface area (Å²) < 4.78 is 11.1. The van der Waals surface area contributed by atoms with Crippen molar-refractivity contribution in [1.82, 2.24) is 0 Å². The number of allylic oxidation sites excluding steroid dienone is 1. The zero-order valence-electron chi connectivity index (χ0n) is 19.6. The summed E-state index contributed by atoms with van der Waals surface area (Å²) >= 11 is 0. The molecule has 5 nitrogen and oxygen atoms in total. The molecule has 5 heteroatoms. The van der Waals surface area contributed by atoms with Gasteiger partial charge in [0.25, 0.3) is 0 Å². The van der Waals surface area contributed by atoms with E-state index >= 15 is 0 Å². The van der Waals surface area contributed by atoms with Crippen molar-refractivity contribution in [2.75, 3.05) is 24.4 Å². The summed E-state index contributed by atoms with van der Waals surface area (Å²) in [6, 6.07) is 24.1. The molecule has 2 atom stereocenters. The van der Waals surface area contributed by atoms with Crippen LogP contribution in [-0.2, 0) is 4.79 Å². The smallest absolute Gasteiger partial charge is 0.163 e. The van der Waals surface area contributed by atoms with Gasteiger partial charge in [0.15, 0.2) is 5.78 Å². The number of hydrogen-bond acceptors (Lipinski definition) is 5. The lowest BCUT2D eigenvalue weighted by atomic mass is 9.78. The maximum absolute atomic E-state index is 13.6. The Balaban J connectivity index is 1.51. The lowest BCUT2D eigenvalue weighted by molar-refractivity contribution is -0.116. The van der Waals surface area contributed by atoms with Gasteiger partial charge in [-0.3, -0.25) is 4.79 Å². The molecular weight excluding hydrogens is 424 g/mol. The summed E-state index contributed by atoms with van der Waals surface area (Å²) in [4.78, 5) is 13.6. The zero-order chi connectivity index (χ0) is 23.5. The molecule has 1 aliphatic carbocycles. The number of methoxy groups -OCH3 is 1. The summed E-state index contributed by atoms with van der Waals surface area (Å²) in [5, 5.41) is 7.24. The number of para-hydroxylation sites is 2. The molecule has 0 saturated heterocycles. The highest BCUT2D eigenvalue weighted by Crippen LogP contribution is 2.44. The predicted molar refractivity (Wildman–Crippen MR) is 136 cm³/mol. The van der Waals surface area contributed by atoms with Crippen LogP contribution in [0.5, 0.6) is 11.5 Å². The fraction of sp³-hybridized carbons (Fsp3) is 0.276. The third-order valence-electron chi connectivity index (χ3n) is 6.58. The Morgan fingerprint density at radius 3 is 2.24 bits per heavy atom. The second-order valence-corrected chi connectivity index (χ2v) is 8.86. The van der Waals surface area contributed by atoms with Gasteiger partial charge >= 0.3 is 0 Å². The first-order chi connectivity index (χ1) is 16.7. The van der Waals surface area contributed by atoms with Crippen molar-refractivity contribution < 1.29 is 14.3 Å². The molecule has 0 unspecified atom stereocenters. The first-order valence-electron chi connectivity index (χ1n) is 11.9. The van der Waals surface area contributed by atoms with Gasteiger partial charge in [0.1, 0.15) is 11.5 Å². The first-order valence-corrected chi connectivity index (χ1v) is 11.9. The van der Waals surface area contributed by atoms with Crippen molar-refractivity contribution >= 4 is 17.2 Å². The summed E-state index contributed by atoms with van der Waals surface area (Å²) in [5.74, 6) is 1.97. The van der Waals surface area contributed by atoms with Crippen LogP contribution in [-0.4, -0.2) is 19.5 Å². The quantitative estimate of drug-likeness (QED) is 0.447. The van der Waals surface area contributed by atoms with E-state index in [2.05, 4.69) is 54.0 Å². The Morgan fingerprint density at radius 2 is 1.53 bits per heavy atom. The minimum Gasteiger partial charge on any atom is -0.497 e. The van der Waals surface area contributed by atoms with Crippen LogP contribution < -0.4 is 20.1 Å². The van der Waals surface area contributed by atoms with E-state index in [1.165, 1.54) is 0 Å². The number of ether oxygens (including phenoxy) is 2. The molecule has 1 heterocycles. The van der Waals surface area contributed by atoms with Gasteiger partial charge < -0.3 is 20.1 Å². The Bertz CT molecular complexity index is 1200. The number of carbonyl (C=O) groups excluding carboxylic acids is 1. The van der Waals surface area contributed by atoms with Crippen LogP contribution in [0.15, 0.2) is 84.1 Å². The number of carbonyl (C=O) groups is 1. The first kappa shape index (κ1) is 22.1. The van der Waals surface area contributed by atoms with E-state index in [9.17, 15) is 4.79 Å². The van der Waals surface area contributed by atoms with E-state index in [-0.39, 0.29) is 17.7 Å². The Morgan fingerprint density at radius 1 is 0.853 bits per heavy atom.